The molecule has 0 aromatic carbocycles. The van der Waals surface area contributed by atoms with Crippen molar-refractivity contribution in [3.63, 3.8) is 0 Å². The van der Waals surface area contributed by atoms with E-state index in [1.165, 1.54) is 0 Å². The molecule has 2 N–H and O–H groups in total. The summed E-state index contributed by atoms with van der Waals surface area (Å²) in [4.78, 5) is 0. The number of rotatable bonds is 0. The van der Waals surface area contributed by atoms with Gasteiger partial charge in [0.15, 0.2) is 0 Å². The van der Waals surface area contributed by atoms with Gasteiger partial charge in [-0.25, -0.2) is 0 Å². The van der Waals surface area contributed by atoms with Crippen LogP contribution in [0.25, 0.3) is 0 Å². The van der Waals surface area contributed by atoms with Crippen LogP contribution in [0.2, 0.25) is 0 Å². The van der Waals surface area contributed by atoms with Crippen molar-refractivity contribution in [3.8, 4) is 0 Å². The van der Waals surface area contributed by atoms with Crippen molar-refractivity contribution in [2.24, 2.45) is 0 Å². The van der Waals surface area contributed by atoms with Gasteiger partial charge in [-0.3, -0.25) is 0 Å². The third-order valence-corrected chi connectivity index (χ3v) is 0. The molecule has 48 valence electrons. The summed E-state index contributed by atoms with van der Waals surface area (Å²) >= 11 is 0. The summed E-state index contributed by atoms with van der Waals surface area (Å²) in [6, 6.07) is 0. The maximum Gasteiger partial charge on any atom is 5.00 e. The smallest absolute Gasteiger partial charge is 1.00 e. The van der Waals surface area contributed by atoms with E-state index in [4.69, 9.17) is 0 Å². The Morgan fingerprint density at radius 3 is 0.429 bits per heavy atom. The summed E-state index contributed by atoms with van der Waals surface area (Å²) in [5.74, 6) is 0. The van der Waals surface area contributed by atoms with Crippen molar-refractivity contribution < 1.29 is 86.1 Å². The van der Waals surface area contributed by atoms with Crippen LogP contribution in [0, 0.1) is 0 Å². The van der Waals surface area contributed by atoms with Crippen LogP contribution in [0.1, 0.15) is 0 Å². The fourth-order valence-electron chi connectivity index (χ4n) is 0. The molecular weight excluding hydrogens is 244 g/mol. The van der Waals surface area contributed by atoms with E-state index in [2.05, 4.69) is 0 Å². The molecule has 0 rings (SSSR count). The topological polar surface area (TPSA) is 31.5 Å². The van der Waals surface area contributed by atoms with Gasteiger partial charge in [-0.2, -0.15) is 0 Å². The van der Waals surface area contributed by atoms with Gasteiger partial charge in [-0.05, 0) is 0 Å². The van der Waals surface area contributed by atoms with Gasteiger partial charge in [0.25, 0.3) is 0 Å². The summed E-state index contributed by atoms with van der Waals surface area (Å²) in [6.45, 7) is 0. The van der Waals surface area contributed by atoms with E-state index >= 15 is 0 Å². The van der Waals surface area contributed by atoms with Crippen LogP contribution in [0.5, 0.6) is 0 Å². The van der Waals surface area contributed by atoms with Crippen molar-refractivity contribution in [1.82, 2.24) is 0 Å². The molecule has 1 nitrogen and oxygen atoms in total. The molecule has 0 amide bonds. The van der Waals surface area contributed by atoms with Crippen molar-refractivity contribution in [3.05, 3.63) is 0 Å². The zero-order valence-electron chi connectivity index (χ0n) is 2.84. The molecule has 0 aromatic rings. The fraction of sp³-hybridized carbons (Fsp3) is 0. The van der Waals surface area contributed by atoms with E-state index < -0.39 is 0 Å². The van der Waals surface area contributed by atoms with Gasteiger partial charge in [0.2, 0.25) is 0 Å². The predicted molar refractivity (Wildman–Crippen MR) is 3.61 cm³/mol. The molecule has 0 atom stereocenters. The number of hydrogen-bond acceptors (Lipinski definition) is 0. The molecule has 7 heavy (non-hydrogen) atoms. The van der Waals surface area contributed by atoms with Gasteiger partial charge in [-0.1, -0.05) is 0 Å². The minimum atomic E-state index is 0. The largest absolute Gasteiger partial charge is 5.00 e. The van der Waals surface area contributed by atoms with Gasteiger partial charge in [0, 0.05) is 0 Å². The summed E-state index contributed by atoms with van der Waals surface area (Å²) in [7, 11) is 0. The second-order valence-corrected chi connectivity index (χ2v) is 0. The molecule has 0 spiro atoms. The quantitative estimate of drug-likeness (QED) is 0.406. The van der Waals surface area contributed by atoms with E-state index in [-0.39, 0.29) is 86.1 Å². The van der Waals surface area contributed by atoms with E-state index in [0.717, 1.165) is 0 Å². The van der Waals surface area contributed by atoms with Gasteiger partial charge >= 0.3 is 18.6 Å². The SMILES string of the molecule is O.[Cl-].[Cl-].[Cl-].[Cl-].[Cl-].[V+5]. The van der Waals surface area contributed by atoms with Crippen LogP contribution in [0.4, 0.5) is 0 Å². The normalized spacial score (nSPS) is 0. The Kier molecular flexibility index (Phi) is 2030. The van der Waals surface area contributed by atoms with Crippen LogP contribution in [-0.4, -0.2) is 5.48 Å². The Bertz CT molecular complexity index is 8.04. The molecule has 0 aliphatic carbocycles. The van der Waals surface area contributed by atoms with Crippen molar-refractivity contribution >= 4 is 0 Å². The van der Waals surface area contributed by atoms with Gasteiger partial charge in [0.1, 0.15) is 0 Å². The Balaban J connectivity index is 0. The molecule has 0 fully saturated rings. The molecule has 0 aliphatic heterocycles. The van der Waals surface area contributed by atoms with Crippen LogP contribution < -0.4 is 62.0 Å². The Hall–Kier alpha value is 1.99. The fourth-order valence-corrected chi connectivity index (χ4v) is 0. The van der Waals surface area contributed by atoms with Crippen LogP contribution in [0.15, 0.2) is 0 Å². The summed E-state index contributed by atoms with van der Waals surface area (Å²) in [6.07, 6.45) is 0. The van der Waals surface area contributed by atoms with Gasteiger partial charge in [-0.15, -0.1) is 0 Å². The first kappa shape index (κ1) is 145. The minimum absolute atomic E-state index is 0. The van der Waals surface area contributed by atoms with E-state index in [1.54, 1.807) is 0 Å². The first-order valence-corrected chi connectivity index (χ1v) is 0. The van der Waals surface area contributed by atoms with Gasteiger partial charge < -0.3 is 67.5 Å². The average molecular weight is 246 g/mol. The molecule has 0 aromatic heterocycles. The summed E-state index contributed by atoms with van der Waals surface area (Å²) < 4.78 is 0. The van der Waals surface area contributed by atoms with Crippen LogP contribution in [0.3, 0.4) is 0 Å². The Morgan fingerprint density at radius 1 is 0.429 bits per heavy atom. The number of hydrogen-bond donors (Lipinski definition) is 0. The predicted octanol–water partition coefficient (Wildman–Crippen LogP) is -15.8. The third kappa shape index (κ3) is 72.2. The maximum absolute atomic E-state index is 0. The average Bonchev–Trinajstić information content (AvgIpc) is 0. The Morgan fingerprint density at radius 2 is 0.429 bits per heavy atom. The molecule has 0 radical (unpaired) electrons. The van der Waals surface area contributed by atoms with E-state index in [0.29, 0.717) is 0 Å². The molecule has 0 saturated carbocycles. The third-order valence-electron chi connectivity index (χ3n) is 0. The molecule has 0 bridgehead atoms. The van der Waals surface area contributed by atoms with Crippen molar-refractivity contribution in [2.75, 3.05) is 0 Å². The second-order valence-electron chi connectivity index (χ2n) is 0. The Labute approximate surface area is 85.6 Å². The van der Waals surface area contributed by atoms with Gasteiger partial charge in [0.05, 0.1) is 0 Å². The molecular formula is H2Cl5OV. The number of halogens is 5. The zero-order chi connectivity index (χ0) is 0. The minimum Gasteiger partial charge on any atom is -1.00 e. The van der Waals surface area contributed by atoms with Crippen molar-refractivity contribution in [2.45, 2.75) is 0 Å². The van der Waals surface area contributed by atoms with E-state index in [9.17, 15) is 0 Å². The van der Waals surface area contributed by atoms with E-state index in [1.807, 2.05) is 0 Å². The van der Waals surface area contributed by atoms with Crippen LogP contribution >= 0.6 is 0 Å². The molecule has 0 unspecified atom stereocenters. The molecule has 0 heterocycles. The molecule has 7 heteroatoms. The second kappa shape index (κ2) is 98.3. The zero-order valence-corrected chi connectivity index (χ0v) is 8.01. The van der Waals surface area contributed by atoms with Crippen LogP contribution in [-0.2, 0) is 18.6 Å². The molecule has 0 aliphatic rings. The summed E-state index contributed by atoms with van der Waals surface area (Å²) in [5.41, 5.74) is 0. The maximum atomic E-state index is 0. The monoisotopic (exact) mass is 244 g/mol. The first-order chi connectivity index (χ1) is 0. The summed E-state index contributed by atoms with van der Waals surface area (Å²) in [5, 5.41) is 0. The first-order valence-electron chi connectivity index (χ1n) is 0. The molecule has 0 saturated heterocycles. The van der Waals surface area contributed by atoms with Crippen molar-refractivity contribution in [1.29, 1.82) is 0 Å². The standard InChI is InChI=1S/5ClH.H2O.V/h5*1H;1H2;/q;;;;;;+5/p-5.